The van der Waals surface area contributed by atoms with Gasteiger partial charge in [-0.15, -0.1) is 0 Å². The molecule has 0 atom stereocenters. The maximum Gasteiger partial charge on any atom is 0.325 e. The second-order valence-electron chi connectivity index (χ2n) is 4.26. The van der Waals surface area contributed by atoms with Gasteiger partial charge in [0.2, 0.25) is 0 Å². The highest BCUT2D eigenvalue weighted by Gasteiger charge is 2.33. The van der Waals surface area contributed by atoms with E-state index >= 15 is 0 Å². The van der Waals surface area contributed by atoms with Crippen molar-refractivity contribution >= 4 is 0 Å². The zero-order chi connectivity index (χ0) is 10.0. The van der Waals surface area contributed by atoms with Crippen LogP contribution in [0, 0.1) is 5.41 Å². The lowest BCUT2D eigenvalue weighted by molar-refractivity contribution is 0.110. The Kier molecular flexibility index (Phi) is 2.46. The van der Waals surface area contributed by atoms with Crippen molar-refractivity contribution in [1.82, 2.24) is 9.55 Å². The van der Waals surface area contributed by atoms with Crippen LogP contribution in [0.4, 0.5) is 0 Å². The lowest BCUT2D eigenvalue weighted by atomic mass is 9.87. The van der Waals surface area contributed by atoms with Gasteiger partial charge in [-0.25, -0.2) is 4.79 Å². The number of imidazole rings is 1. The van der Waals surface area contributed by atoms with E-state index in [1.165, 1.54) is 12.8 Å². The number of nitrogens with zero attached hydrogens (tertiary/aromatic N) is 1. The molecule has 0 radical (unpaired) electrons. The van der Waals surface area contributed by atoms with Crippen LogP contribution in [-0.2, 0) is 6.54 Å². The molecular formula is C10H16N2O2. The van der Waals surface area contributed by atoms with Crippen LogP contribution in [0.2, 0.25) is 0 Å². The Morgan fingerprint density at radius 3 is 2.71 bits per heavy atom. The van der Waals surface area contributed by atoms with Gasteiger partial charge in [-0.2, -0.15) is 0 Å². The minimum absolute atomic E-state index is 0.0496. The smallest absolute Gasteiger partial charge is 0.325 e. The summed E-state index contributed by atoms with van der Waals surface area (Å²) in [5, 5.41) is 9.38. The van der Waals surface area contributed by atoms with Gasteiger partial charge in [0.25, 0.3) is 0 Å². The first-order valence-corrected chi connectivity index (χ1v) is 5.10. The van der Waals surface area contributed by atoms with Crippen LogP contribution in [-0.4, -0.2) is 21.3 Å². The van der Waals surface area contributed by atoms with Gasteiger partial charge in [-0.3, -0.25) is 4.57 Å². The van der Waals surface area contributed by atoms with E-state index in [1.807, 2.05) is 0 Å². The number of H-pyrrole nitrogens is 1. The molecule has 1 aromatic rings. The minimum Gasteiger partial charge on any atom is -0.396 e. The molecule has 1 heterocycles. The highest BCUT2D eigenvalue weighted by Crippen LogP contribution is 2.38. The average Bonchev–Trinajstić information content (AvgIpc) is 2.79. The Hall–Kier alpha value is -1.03. The van der Waals surface area contributed by atoms with E-state index in [4.69, 9.17) is 0 Å². The summed E-state index contributed by atoms with van der Waals surface area (Å²) < 4.78 is 1.65. The Bertz CT molecular complexity index is 347. The molecule has 1 aliphatic carbocycles. The van der Waals surface area contributed by atoms with Crippen molar-refractivity contribution in [3.8, 4) is 0 Å². The maximum atomic E-state index is 11.3. The molecule has 0 bridgehead atoms. The molecule has 0 spiro atoms. The normalized spacial score (nSPS) is 20.1. The first-order chi connectivity index (χ1) is 6.76. The van der Waals surface area contributed by atoms with Crippen LogP contribution in [0.25, 0.3) is 0 Å². The van der Waals surface area contributed by atoms with Crippen LogP contribution >= 0.6 is 0 Å². The molecule has 78 valence electrons. The van der Waals surface area contributed by atoms with Gasteiger partial charge >= 0.3 is 5.69 Å². The molecule has 1 saturated carbocycles. The summed E-state index contributed by atoms with van der Waals surface area (Å²) in [6.07, 6.45) is 7.78. The number of nitrogens with one attached hydrogen (secondary N) is 1. The van der Waals surface area contributed by atoms with E-state index < -0.39 is 0 Å². The summed E-state index contributed by atoms with van der Waals surface area (Å²) in [4.78, 5) is 13.9. The fourth-order valence-corrected chi connectivity index (χ4v) is 2.33. The molecule has 2 N–H and O–H groups in total. The molecule has 2 rings (SSSR count). The van der Waals surface area contributed by atoms with Crippen LogP contribution in [0.15, 0.2) is 17.2 Å². The molecule has 4 nitrogen and oxygen atoms in total. The Morgan fingerprint density at radius 1 is 1.50 bits per heavy atom. The molecule has 0 amide bonds. The van der Waals surface area contributed by atoms with Gasteiger partial charge in [0.05, 0.1) is 6.61 Å². The zero-order valence-corrected chi connectivity index (χ0v) is 8.20. The first-order valence-electron chi connectivity index (χ1n) is 5.10. The van der Waals surface area contributed by atoms with Crippen molar-refractivity contribution in [2.75, 3.05) is 6.61 Å². The minimum atomic E-state index is -0.0790. The van der Waals surface area contributed by atoms with Crippen LogP contribution in [0.1, 0.15) is 25.7 Å². The molecule has 14 heavy (non-hydrogen) atoms. The fourth-order valence-electron chi connectivity index (χ4n) is 2.33. The Balaban J connectivity index is 2.16. The molecule has 1 fully saturated rings. The molecule has 0 aromatic carbocycles. The summed E-state index contributed by atoms with van der Waals surface area (Å²) in [5.41, 5.74) is -0.129. The van der Waals surface area contributed by atoms with Crippen LogP contribution in [0.3, 0.4) is 0 Å². The molecular weight excluding hydrogens is 180 g/mol. The lowest BCUT2D eigenvalue weighted by Gasteiger charge is -2.26. The van der Waals surface area contributed by atoms with Crippen molar-refractivity contribution in [3.63, 3.8) is 0 Å². The number of hydrogen-bond acceptors (Lipinski definition) is 2. The van der Waals surface area contributed by atoms with E-state index in [0.717, 1.165) is 12.8 Å². The summed E-state index contributed by atoms with van der Waals surface area (Å²) in [5.74, 6) is 0. The molecule has 1 aliphatic rings. The van der Waals surface area contributed by atoms with Crippen molar-refractivity contribution in [2.24, 2.45) is 5.41 Å². The summed E-state index contributed by atoms with van der Waals surface area (Å²) in [6.45, 7) is 0.830. The van der Waals surface area contributed by atoms with E-state index in [1.54, 1.807) is 17.0 Å². The monoisotopic (exact) mass is 196 g/mol. The van der Waals surface area contributed by atoms with Crippen molar-refractivity contribution in [3.05, 3.63) is 22.9 Å². The molecule has 4 heteroatoms. The topological polar surface area (TPSA) is 58.0 Å². The third-order valence-electron chi connectivity index (χ3n) is 3.23. The zero-order valence-electron chi connectivity index (χ0n) is 8.20. The lowest BCUT2D eigenvalue weighted by Crippen LogP contribution is -2.31. The largest absolute Gasteiger partial charge is 0.396 e. The second-order valence-corrected chi connectivity index (χ2v) is 4.26. The second kappa shape index (κ2) is 3.61. The van der Waals surface area contributed by atoms with E-state index in [9.17, 15) is 9.90 Å². The van der Waals surface area contributed by atoms with Gasteiger partial charge in [0.15, 0.2) is 0 Å². The van der Waals surface area contributed by atoms with E-state index in [0.29, 0.717) is 6.54 Å². The third kappa shape index (κ3) is 1.62. The van der Waals surface area contributed by atoms with E-state index in [-0.39, 0.29) is 17.7 Å². The highest BCUT2D eigenvalue weighted by atomic mass is 16.3. The van der Waals surface area contributed by atoms with Crippen molar-refractivity contribution in [1.29, 1.82) is 0 Å². The van der Waals surface area contributed by atoms with Gasteiger partial charge < -0.3 is 10.1 Å². The number of aromatic nitrogens is 2. The predicted molar refractivity (Wildman–Crippen MR) is 53.0 cm³/mol. The Labute approximate surface area is 82.6 Å². The van der Waals surface area contributed by atoms with Crippen molar-refractivity contribution in [2.45, 2.75) is 32.2 Å². The third-order valence-corrected chi connectivity index (χ3v) is 3.23. The van der Waals surface area contributed by atoms with Gasteiger partial charge in [-0.1, -0.05) is 12.8 Å². The average molecular weight is 196 g/mol. The summed E-state index contributed by atoms with van der Waals surface area (Å²) in [7, 11) is 0. The van der Waals surface area contributed by atoms with Gasteiger partial charge in [0.1, 0.15) is 0 Å². The maximum absolute atomic E-state index is 11.3. The molecule has 0 unspecified atom stereocenters. The van der Waals surface area contributed by atoms with E-state index in [2.05, 4.69) is 4.98 Å². The van der Waals surface area contributed by atoms with Gasteiger partial charge in [-0.05, 0) is 12.8 Å². The SMILES string of the molecule is O=c1[nH]ccn1CC1(CO)CCCC1. The summed E-state index contributed by atoms with van der Waals surface area (Å²) >= 11 is 0. The predicted octanol–water partition coefficient (Wildman–Crippen LogP) is 0.729. The Morgan fingerprint density at radius 2 is 2.21 bits per heavy atom. The van der Waals surface area contributed by atoms with Crippen LogP contribution < -0.4 is 5.69 Å². The number of aliphatic hydroxyl groups is 1. The fraction of sp³-hybridized carbons (Fsp3) is 0.700. The number of hydrogen-bond donors (Lipinski definition) is 2. The summed E-state index contributed by atoms with van der Waals surface area (Å²) in [6, 6.07) is 0. The quantitative estimate of drug-likeness (QED) is 0.748. The highest BCUT2D eigenvalue weighted by molar-refractivity contribution is 4.87. The van der Waals surface area contributed by atoms with Crippen LogP contribution in [0.5, 0.6) is 0 Å². The first kappa shape index (κ1) is 9.52. The molecule has 0 aliphatic heterocycles. The number of rotatable bonds is 3. The molecule has 0 saturated heterocycles. The standard InChI is InChI=1S/C10H16N2O2/c13-8-10(3-1-2-4-10)7-12-6-5-11-9(12)14/h5-6,13H,1-4,7-8H2,(H,11,14). The number of aromatic amines is 1. The van der Waals surface area contributed by atoms with Gasteiger partial charge in [0, 0.05) is 24.4 Å². The molecule has 1 aromatic heterocycles. The number of aliphatic hydroxyl groups excluding tert-OH is 1. The van der Waals surface area contributed by atoms with Crippen molar-refractivity contribution < 1.29 is 5.11 Å².